The lowest BCUT2D eigenvalue weighted by atomic mass is 9.41. The molecule has 0 aromatic rings. The van der Waals surface area contributed by atoms with Crippen molar-refractivity contribution in [3.63, 3.8) is 0 Å². The third-order valence-corrected chi connectivity index (χ3v) is 12.5. The lowest BCUT2D eigenvalue weighted by Gasteiger charge is -2.63. The molecule has 1 heterocycles. The van der Waals surface area contributed by atoms with Crippen LogP contribution in [0.5, 0.6) is 0 Å². The lowest BCUT2D eigenvalue weighted by molar-refractivity contribution is -0.153. The Morgan fingerprint density at radius 1 is 1.09 bits per heavy atom. The van der Waals surface area contributed by atoms with Crippen LogP contribution in [-0.4, -0.2) is 40.4 Å². The van der Waals surface area contributed by atoms with Crippen molar-refractivity contribution in [2.75, 3.05) is 6.61 Å². The third kappa shape index (κ3) is 3.16. The van der Waals surface area contributed by atoms with Crippen molar-refractivity contribution in [3.05, 3.63) is 11.6 Å². The quantitative estimate of drug-likeness (QED) is 0.398. The second-order valence-electron chi connectivity index (χ2n) is 14.4. The first-order valence-electron chi connectivity index (χ1n) is 14.0. The maximum atomic E-state index is 12.9. The van der Waals surface area contributed by atoms with Crippen molar-refractivity contribution in [1.29, 1.82) is 0 Å². The normalized spacial score (nSPS) is 51.1. The van der Waals surface area contributed by atoms with Gasteiger partial charge in [-0.15, -0.1) is 0 Å². The van der Waals surface area contributed by atoms with E-state index in [9.17, 15) is 15.0 Å². The Labute approximate surface area is 206 Å². The minimum absolute atomic E-state index is 0.0148. The summed E-state index contributed by atoms with van der Waals surface area (Å²) >= 11 is 0. The van der Waals surface area contributed by atoms with Gasteiger partial charge in [0, 0.05) is 6.42 Å². The van der Waals surface area contributed by atoms with E-state index in [4.69, 9.17) is 4.74 Å². The number of ether oxygens (including phenoxy) is 1. The number of fused-ring (bicyclic) bond motifs is 5. The summed E-state index contributed by atoms with van der Waals surface area (Å²) in [6.07, 6.45) is 10.3. The molecule has 1 aliphatic heterocycles. The molecule has 4 fully saturated rings. The summed E-state index contributed by atoms with van der Waals surface area (Å²) in [6.45, 7) is 16.0. The van der Waals surface area contributed by atoms with E-state index in [2.05, 4.69) is 47.6 Å². The molecule has 192 valence electrons. The first kappa shape index (κ1) is 25.0. The number of Topliss-reactive ketones (excluding diaryl/α,β-unsaturated/α-hetero) is 1. The summed E-state index contributed by atoms with van der Waals surface area (Å²) in [5.74, 6) is 2.09. The first-order valence-corrected chi connectivity index (χ1v) is 14.0. The van der Waals surface area contributed by atoms with Gasteiger partial charge in [0.2, 0.25) is 0 Å². The van der Waals surface area contributed by atoms with Crippen LogP contribution in [-0.2, 0) is 9.53 Å². The fraction of sp³-hybridized carbons (Fsp3) is 0.900. The van der Waals surface area contributed by atoms with E-state index in [0.29, 0.717) is 24.2 Å². The van der Waals surface area contributed by atoms with Crippen LogP contribution in [0, 0.1) is 45.3 Å². The molecular formula is C30H48O4. The maximum absolute atomic E-state index is 12.9. The molecule has 1 saturated heterocycles. The third-order valence-electron chi connectivity index (χ3n) is 12.5. The van der Waals surface area contributed by atoms with Crippen LogP contribution in [0.1, 0.15) is 99.8 Å². The van der Waals surface area contributed by atoms with Crippen molar-refractivity contribution in [2.24, 2.45) is 45.3 Å². The van der Waals surface area contributed by atoms with Gasteiger partial charge in [-0.1, -0.05) is 46.3 Å². The Morgan fingerprint density at radius 2 is 1.76 bits per heavy atom. The van der Waals surface area contributed by atoms with Crippen molar-refractivity contribution in [1.82, 2.24) is 0 Å². The van der Waals surface area contributed by atoms with Crippen LogP contribution in [0.4, 0.5) is 0 Å². The van der Waals surface area contributed by atoms with Gasteiger partial charge in [0.1, 0.15) is 11.9 Å². The second-order valence-corrected chi connectivity index (χ2v) is 14.4. The van der Waals surface area contributed by atoms with E-state index in [1.54, 1.807) is 5.57 Å². The molecule has 5 aliphatic rings. The molecule has 2 N–H and O–H groups in total. The number of epoxide rings is 1. The van der Waals surface area contributed by atoms with E-state index < -0.39 is 5.41 Å². The Kier molecular flexibility index (Phi) is 5.62. The average molecular weight is 473 g/mol. The molecular weight excluding hydrogens is 424 g/mol. The fourth-order valence-corrected chi connectivity index (χ4v) is 10.0. The number of hydrogen-bond acceptors (Lipinski definition) is 4. The van der Waals surface area contributed by atoms with Crippen LogP contribution >= 0.6 is 0 Å². The molecule has 0 bridgehead atoms. The number of carbonyl (C=O) groups excluding carboxylic acids is 1. The molecule has 34 heavy (non-hydrogen) atoms. The van der Waals surface area contributed by atoms with Crippen molar-refractivity contribution in [3.8, 4) is 0 Å². The van der Waals surface area contributed by atoms with E-state index in [-0.39, 0.29) is 52.4 Å². The van der Waals surface area contributed by atoms with E-state index in [1.165, 1.54) is 25.7 Å². The van der Waals surface area contributed by atoms with Gasteiger partial charge in [-0.25, -0.2) is 0 Å². The molecule has 0 amide bonds. The highest BCUT2D eigenvalue weighted by molar-refractivity contribution is 5.86. The standard InChI is InChI=1S/C30H48O4/c1-18(16-22(32)25-26(2,3)34-25)19-10-14-30(7)21-8-9-23-27(4,20(21)11-15-29(19,30)6)13-12-24(33)28(23,5)17-31/h8,18-20,22-23,25,31-32H,9-17H2,1-7H3/t18-,19+,20-,22+,23+,25-,27+,28+,29-,30+/m0/s1. The largest absolute Gasteiger partial charge is 0.395 e. The molecule has 3 saturated carbocycles. The van der Waals surface area contributed by atoms with Crippen molar-refractivity contribution < 1.29 is 19.7 Å². The highest BCUT2D eigenvalue weighted by atomic mass is 16.6. The number of hydrogen-bond donors (Lipinski definition) is 2. The number of aliphatic hydroxyl groups is 2. The SMILES string of the molecule is C[C@@H](C[C@@H](O)[C@@H]1OC1(C)C)[C@H]1CC[C@]2(C)C3=CC[C@@H]4[C@](C)(CCC(=O)[C@]4(C)CO)[C@H]3CC[C@@]12C. The van der Waals surface area contributed by atoms with Gasteiger partial charge in [-0.2, -0.15) is 0 Å². The topological polar surface area (TPSA) is 70.1 Å². The fourth-order valence-electron chi connectivity index (χ4n) is 10.0. The molecule has 0 unspecified atom stereocenters. The Hall–Kier alpha value is -0.710. The number of carbonyl (C=O) groups is 1. The summed E-state index contributed by atoms with van der Waals surface area (Å²) in [6, 6.07) is 0. The monoisotopic (exact) mass is 472 g/mol. The second kappa shape index (κ2) is 7.65. The smallest absolute Gasteiger partial charge is 0.141 e. The van der Waals surface area contributed by atoms with Crippen LogP contribution < -0.4 is 0 Å². The maximum Gasteiger partial charge on any atom is 0.141 e. The Bertz CT molecular complexity index is 892. The molecule has 4 heteroatoms. The van der Waals surface area contributed by atoms with Crippen LogP contribution in [0.15, 0.2) is 11.6 Å². The first-order chi connectivity index (χ1) is 15.7. The van der Waals surface area contributed by atoms with Crippen molar-refractivity contribution in [2.45, 2.75) is 118 Å². The van der Waals surface area contributed by atoms with Gasteiger partial charge in [0.15, 0.2) is 0 Å². The van der Waals surface area contributed by atoms with Gasteiger partial charge < -0.3 is 14.9 Å². The van der Waals surface area contributed by atoms with E-state index >= 15 is 0 Å². The van der Waals surface area contributed by atoms with Gasteiger partial charge >= 0.3 is 0 Å². The van der Waals surface area contributed by atoms with Crippen LogP contribution in [0.3, 0.4) is 0 Å². The highest BCUT2D eigenvalue weighted by Crippen LogP contribution is 2.73. The lowest BCUT2D eigenvalue weighted by Crippen LogP contribution is -2.58. The van der Waals surface area contributed by atoms with Crippen molar-refractivity contribution >= 4 is 5.78 Å². The summed E-state index contributed by atoms with van der Waals surface area (Å²) in [7, 11) is 0. The molecule has 0 aromatic heterocycles. The Balaban J connectivity index is 1.41. The summed E-state index contributed by atoms with van der Waals surface area (Å²) in [4.78, 5) is 12.9. The van der Waals surface area contributed by atoms with Gasteiger partial charge in [-0.3, -0.25) is 4.79 Å². The molecule has 0 aromatic carbocycles. The van der Waals surface area contributed by atoms with Crippen LogP contribution in [0.2, 0.25) is 0 Å². The molecule has 4 aliphatic carbocycles. The zero-order valence-corrected chi connectivity index (χ0v) is 22.6. The summed E-state index contributed by atoms with van der Waals surface area (Å²) < 4.78 is 5.75. The molecule has 5 rings (SSSR count). The number of aliphatic hydroxyl groups excluding tert-OH is 2. The molecule has 10 atom stereocenters. The number of allylic oxidation sites excluding steroid dienone is 2. The molecule has 4 nitrogen and oxygen atoms in total. The van der Waals surface area contributed by atoms with E-state index in [1.807, 2.05) is 6.92 Å². The number of ketones is 1. The molecule has 0 spiro atoms. The predicted molar refractivity (Wildman–Crippen MR) is 134 cm³/mol. The Morgan fingerprint density at radius 3 is 2.38 bits per heavy atom. The van der Waals surface area contributed by atoms with Gasteiger partial charge in [-0.05, 0) is 98.7 Å². The van der Waals surface area contributed by atoms with Gasteiger partial charge in [0.25, 0.3) is 0 Å². The minimum atomic E-state index is -0.599. The highest BCUT2D eigenvalue weighted by Gasteiger charge is 2.66. The summed E-state index contributed by atoms with van der Waals surface area (Å²) in [5, 5.41) is 21.1. The van der Waals surface area contributed by atoms with E-state index in [0.717, 1.165) is 19.3 Å². The number of rotatable bonds is 5. The van der Waals surface area contributed by atoms with Gasteiger partial charge in [0.05, 0.1) is 23.7 Å². The average Bonchev–Trinajstić information content (AvgIpc) is 3.32. The summed E-state index contributed by atoms with van der Waals surface area (Å²) in [5.41, 5.74) is 1.40. The zero-order valence-electron chi connectivity index (χ0n) is 22.6. The zero-order chi connectivity index (χ0) is 24.9. The predicted octanol–water partition coefficient (Wildman–Crippen LogP) is 5.70. The van der Waals surface area contributed by atoms with Crippen LogP contribution in [0.25, 0.3) is 0 Å². The molecule has 0 radical (unpaired) electrons. The minimum Gasteiger partial charge on any atom is -0.395 e.